The van der Waals surface area contributed by atoms with E-state index in [9.17, 15) is 9.18 Å². The number of carboxylic acid groups (broad SMARTS) is 1. The minimum atomic E-state index is -0.921. The molecule has 106 valence electrons. The van der Waals surface area contributed by atoms with E-state index in [1.54, 1.807) is 4.57 Å². The summed E-state index contributed by atoms with van der Waals surface area (Å²) in [6.07, 6.45) is 3.45. The van der Waals surface area contributed by atoms with Gasteiger partial charge < -0.3 is 9.67 Å². The summed E-state index contributed by atoms with van der Waals surface area (Å²) in [7, 11) is 0. The quantitative estimate of drug-likeness (QED) is 0.822. The Morgan fingerprint density at radius 2 is 2.25 bits per heavy atom. The first-order chi connectivity index (χ1) is 9.61. The van der Waals surface area contributed by atoms with Crippen molar-refractivity contribution in [1.82, 2.24) is 19.7 Å². The van der Waals surface area contributed by atoms with Crippen LogP contribution in [0.4, 0.5) is 4.39 Å². The lowest BCUT2D eigenvalue weighted by Gasteiger charge is -2.07. The molecule has 0 saturated heterocycles. The third kappa shape index (κ3) is 3.32. The van der Waals surface area contributed by atoms with Crippen LogP contribution < -0.4 is 0 Å². The van der Waals surface area contributed by atoms with Crippen LogP contribution in [0.5, 0.6) is 0 Å². The summed E-state index contributed by atoms with van der Waals surface area (Å²) >= 11 is 1.09. The Morgan fingerprint density at radius 1 is 1.45 bits per heavy atom. The third-order valence-corrected chi connectivity index (χ3v) is 3.40. The van der Waals surface area contributed by atoms with Gasteiger partial charge >= 0.3 is 5.97 Å². The summed E-state index contributed by atoms with van der Waals surface area (Å²) in [6, 6.07) is 1.33. The van der Waals surface area contributed by atoms with Gasteiger partial charge in [0.2, 0.25) is 0 Å². The van der Waals surface area contributed by atoms with E-state index < -0.39 is 11.8 Å². The van der Waals surface area contributed by atoms with Crippen molar-refractivity contribution in [3.8, 4) is 11.4 Å². The smallest absolute Gasteiger partial charge is 0.313 e. The highest BCUT2D eigenvalue weighted by molar-refractivity contribution is 7.99. The van der Waals surface area contributed by atoms with E-state index in [1.807, 2.05) is 6.92 Å². The monoisotopic (exact) mass is 296 g/mol. The summed E-state index contributed by atoms with van der Waals surface area (Å²) in [5.41, 5.74) is 0.521. The van der Waals surface area contributed by atoms with E-state index in [0.29, 0.717) is 23.1 Å². The second-order valence-electron chi connectivity index (χ2n) is 4.03. The fourth-order valence-corrected chi connectivity index (χ4v) is 2.38. The lowest BCUT2D eigenvalue weighted by Crippen LogP contribution is -2.04. The van der Waals surface area contributed by atoms with E-state index in [-0.39, 0.29) is 5.75 Å². The standard InChI is InChI=1S/C12H13FN4O2S/c1-2-3-17-11(8-4-9(13)6-14-5-8)15-16-12(17)20-7-10(18)19/h4-6H,2-3,7H2,1H3,(H,18,19). The van der Waals surface area contributed by atoms with Crippen molar-refractivity contribution in [1.29, 1.82) is 0 Å². The molecule has 0 aromatic carbocycles. The number of rotatable bonds is 6. The number of thioether (sulfide) groups is 1. The molecule has 0 aliphatic rings. The normalized spacial score (nSPS) is 10.7. The summed E-state index contributed by atoms with van der Waals surface area (Å²) in [6.45, 7) is 2.61. The highest BCUT2D eigenvalue weighted by Crippen LogP contribution is 2.24. The van der Waals surface area contributed by atoms with Crippen molar-refractivity contribution in [2.45, 2.75) is 25.0 Å². The van der Waals surface area contributed by atoms with Gasteiger partial charge in [-0.05, 0) is 12.5 Å². The van der Waals surface area contributed by atoms with Crippen LogP contribution in [0.15, 0.2) is 23.6 Å². The summed E-state index contributed by atoms with van der Waals surface area (Å²) in [4.78, 5) is 14.4. The first-order valence-electron chi connectivity index (χ1n) is 6.00. The predicted molar refractivity (Wildman–Crippen MR) is 71.9 cm³/mol. The third-order valence-electron chi connectivity index (χ3n) is 2.45. The average Bonchev–Trinajstić information content (AvgIpc) is 2.80. The minimum absolute atomic E-state index is 0.0940. The summed E-state index contributed by atoms with van der Waals surface area (Å²) in [5, 5.41) is 17.2. The number of carbonyl (C=O) groups is 1. The van der Waals surface area contributed by atoms with Crippen LogP contribution in [0.1, 0.15) is 13.3 Å². The molecule has 0 unspecified atom stereocenters. The molecule has 2 aromatic heterocycles. The first kappa shape index (κ1) is 14.4. The van der Waals surface area contributed by atoms with Crippen LogP contribution in [-0.2, 0) is 11.3 Å². The second kappa shape index (κ2) is 6.47. The molecule has 0 fully saturated rings. The maximum absolute atomic E-state index is 13.2. The van der Waals surface area contributed by atoms with Crippen LogP contribution in [0.25, 0.3) is 11.4 Å². The van der Waals surface area contributed by atoms with Crippen LogP contribution in [0, 0.1) is 5.82 Å². The lowest BCUT2D eigenvalue weighted by molar-refractivity contribution is -0.133. The molecule has 0 saturated carbocycles. The molecule has 0 atom stereocenters. The van der Waals surface area contributed by atoms with Crippen molar-refractivity contribution in [2.75, 3.05) is 5.75 Å². The van der Waals surface area contributed by atoms with Crippen molar-refractivity contribution in [3.05, 3.63) is 24.3 Å². The van der Waals surface area contributed by atoms with Crippen molar-refractivity contribution < 1.29 is 14.3 Å². The van der Waals surface area contributed by atoms with Gasteiger partial charge in [-0.15, -0.1) is 10.2 Å². The van der Waals surface area contributed by atoms with E-state index >= 15 is 0 Å². The van der Waals surface area contributed by atoms with Crippen molar-refractivity contribution in [3.63, 3.8) is 0 Å². The molecule has 1 N–H and O–H groups in total. The van der Waals surface area contributed by atoms with Crippen LogP contribution in [0.3, 0.4) is 0 Å². The fourth-order valence-electron chi connectivity index (χ4n) is 1.69. The van der Waals surface area contributed by atoms with Crippen LogP contribution >= 0.6 is 11.8 Å². The number of aromatic nitrogens is 4. The number of hydrogen-bond donors (Lipinski definition) is 1. The van der Waals surface area contributed by atoms with Crippen molar-refractivity contribution >= 4 is 17.7 Å². The number of halogens is 1. The Hall–Kier alpha value is -1.96. The number of nitrogens with zero attached hydrogens (tertiary/aromatic N) is 4. The average molecular weight is 296 g/mol. The predicted octanol–water partition coefficient (Wildman–Crippen LogP) is 2.07. The highest BCUT2D eigenvalue weighted by Gasteiger charge is 2.15. The number of hydrogen-bond acceptors (Lipinski definition) is 5. The van der Waals surface area contributed by atoms with E-state index in [2.05, 4.69) is 15.2 Å². The summed E-state index contributed by atoms with van der Waals surface area (Å²) < 4.78 is 15.0. The van der Waals surface area contributed by atoms with Crippen LogP contribution in [0.2, 0.25) is 0 Å². The Morgan fingerprint density at radius 3 is 2.90 bits per heavy atom. The molecule has 0 bridgehead atoms. The molecule has 0 radical (unpaired) electrons. The highest BCUT2D eigenvalue weighted by atomic mass is 32.2. The number of aliphatic carboxylic acids is 1. The zero-order valence-electron chi connectivity index (χ0n) is 10.8. The molecule has 2 heterocycles. The molecular weight excluding hydrogens is 283 g/mol. The van der Waals surface area contributed by atoms with Crippen molar-refractivity contribution in [2.24, 2.45) is 0 Å². The molecule has 0 aliphatic heterocycles. The molecule has 0 spiro atoms. The summed E-state index contributed by atoms with van der Waals surface area (Å²) in [5.74, 6) is -0.974. The van der Waals surface area contributed by atoms with Gasteiger partial charge in [0, 0.05) is 18.3 Å². The molecule has 0 aliphatic carbocycles. The maximum atomic E-state index is 13.2. The van der Waals surface area contributed by atoms with Gasteiger partial charge in [-0.3, -0.25) is 9.78 Å². The van der Waals surface area contributed by atoms with Gasteiger partial charge in [0.1, 0.15) is 5.82 Å². The van der Waals surface area contributed by atoms with Crippen LogP contribution in [-0.4, -0.2) is 36.6 Å². The molecule has 0 amide bonds. The molecular formula is C12H13FN4O2S. The Kier molecular flexibility index (Phi) is 4.67. The Balaban J connectivity index is 2.35. The molecule has 2 aromatic rings. The van der Waals surface area contributed by atoms with Gasteiger partial charge in [-0.25, -0.2) is 4.39 Å². The minimum Gasteiger partial charge on any atom is -0.481 e. The molecule has 2 rings (SSSR count). The maximum Gasteiger partial charge on any atom is 0.313 e. The van der Waals surface area contributed by atoms with Gasteiger partial charge in [0.05, 0.1) is 11.9 Å². The Bertz CT molecular complexity index is 617. The van der Waals surface area contributed by atoms with Gasteiger partial charge in [0.15, 0.2) is 11.0 Å². The zero-order chi connectivity index (χ0) is 14.5. The molecule has 8 heteroatoms. The molecule has 20 heavy (non-hydrogen) atoms. The zero-order valence-corrected chi connectivity index (χ0v) is 11.6. The fraction of sp³-hybridized carbons (Fsp3) is 0.333. The number of pyridine rings is 1. The van der Waals surface area contributed by atoms with E-state index in [0.717, 1.165) is 24.4 Å². The van der Waals surface area contributed by atoms with E-state index in [1.165, 1.54) is 12.3 Å². The largest absolute Gasteiger partial charge is 0.481 e. The second-order valence-corrected chi connectivity index (χ2v) is 4.97. The number of carboxylic acids is 1. The van der Waals surface area contributed by atoms with Gasteiger partial charge in [0.25, 0.3) is 0 Å². The Labute approximate surface area is 119 Å². The lowest BCUT2D eigenvalue weighted by atomic mass is 10.2. The SMILES string of the molecule is CCCn1c(SCC(=O)O)nnc1-c1cncc(F)c1. The first-order valence-corrected chi connectivity index (χ1v) is 6.99. The topological polar surface area (TPSA) is 80.9 Å². The molecule has 6 nitrogen and oxygen atoms in total. The van der Waals surface area contributed by atoms with E-state index in [4.69, 9.17) is 5.11 Å². The van der Waals surface area contributed by atoms with Gasteiger partial charge in [-0.1, -0.05) is 18.7 Å². The van der Waals surface area contributed by atoms with Gasteiger partial charge in [-0.2, -0.15) is 0 Å².